The maximum absolute atomic E-state index is 14.8. The standard InChI is InChI=1S/C32H30ClF6N7O3/c1-17-4-7-46(44-17)24-12-18(19-10-20(31(34,35)36)13-21(33)11-19)2-3-22(24)27(32(37,38)39)49-26-14-25(42-29(40)43-26)45-8-5-30(6-9-45)15-23(28(47)48)41-16-30/h2-4,7,10-14,23,27,41H,5-6,8-9,15-16H2,1H3,(H,47,48)(H2,40,42,43)/t23-,27?/m0/s1. The van der Waals surface area contributed by atoms with Crippen LogP contribution in [0.2, 0.25) is 5.02 Å². The number of nitrogens with one attached hydrogen (secondary N) is 1. The number of nitrogens with zero attached hydrogens (tertiary/aromatic N) is 5. The SMILES string of the molecule is Cc1ccn(-c2cc(-c3cc(Cl)cc(C(F)(F)F)c3)ccc2C(Oc2cc(N3CCC4(CC3)CN[C@H](C(=O)O)C4)nc(N)n2)C(F)(F)F)n1. The van der Waals surface area contributed by atoms with E-state index in [-0.39, 0.29) is 39.0 Å². The highest BCUT2D eigenvalue weighted by molar-refractivity contribution is 6.31. The summed E-state index contributed by atoms with van der Waals surface area (Å²) in [6.45, 7) is 3.08. The lowest BCUT2D eigenvalue weighted by Gasteiger charge is -2.39. The third-order valence-corrected chi connectivity index (χ3v) is 9.11. The summed E-state index contributed by atoms with van der Waals surface area (Å²) in [5.74, 6) is -1.43. The van der Waals surface area contributed by atoms with Gasteiger partial charge in [0.2, 0.25) is 17.9 Å². The van der Waals surface area contributed by atoms with Crippen molar-refractivity contribution in [2.45, 2.75) is 50.7 Å². The summed E-state index contributed by atoms with van der Waals surface area (Å²) in [4.78, 5) is 21.4. The largest absolute Gasteiger partial charge is 0.480 e. The molecule has 2 aromatic carbocycles. The van der Waals surface area contributed by atoms with Crippen LogP contribution in [0, 0.1) is 12.3 Å². The fourth-order valence-electron chi connectivity index (χ4n) is 6.38. The molecule has 0 radical (unpaired) electrons. The Morgan fingerprint density at radius 2 is 1.80 bits per heavy atom. The maximum Gasteiger partial charge on any atom is 0.429 e. The summed E-state index contributed by atoms with van der Waals surface area (Å²) in [6, 6.07) is 8.74. The molecule has 17 heteroatoms. The van der Waals surface area contributed by atoms with Crippen molar-refractivity contribution in [3.05, 3.63) is 76.6 Å². The molecule has 4 aromatic rings. The number of anilines is 2. The van der Waals surface area contributed by atoms with Crippen LogP contribution < -0.4 is 20.7 Å². The second-order valence-electron chi connectivity index (χ2n) is 12.3. The molecule has 2 aromatic heterocycles. The molecular weight excluding hydrogens is 680 g/mol. The molecule has 10 nitrogen and oxygen atoms in total. The predicted octanol–water partition coefficient (Wildman–Crippen LogP) is 6.61. The maximum atomic E-state index is 14.8. The number of benzene rings is 2. The average Bonchev–Trinajstić information content (AvgIpc) is 3.65. The Kier molecular flexibility index (Phi) is 8.90. The van der Waals surface area contributed by atoms with E-state index < -0.39 is 47.5 Å². The summed E-state index contributed by atoms with van der Waals surface area (Å²) in [6.07, 6.45) is -9.15. The molecule has 2 atom stereocenters. The molecule has 4 heterocycles. The van der Waals surface area contributed by atoms with Gasteiger partial charge >= 0.3 is 18.3 Å². The molecule has 4 N–H and O–H groups in total. The van der Waals surface area contributed by atoms with Crippen LogP contribution in [0.3, 0.4) is 0 Å². The van der Waals surface area contributed by atoms with Crippen molar-refractivity contribution < 1.29 is 41.0 Å². The van der Waals surface area contributed by atoms with Gasteiger partial charge in [0.1, 0.15) is 11.9 Å². The Labute approximate surface area is 280 Å². The number of carbonyl (C=O) groups is 1. The number of hydrogen-bond donors (Lipinski definition) is 3. The minimum atomic E-state index is -4.99. The first-order valence-corrected chi connectivity index (χ1v) is 15.5. The van der Waals surface area contributed by atoms with Crippen LogP contribution in [0.15, 0.2) is 54.7 Å². The fraction of sp³-hybridized carbons (Fsp3) is 0.375. The summed E-state index contributed by atoms with van der Waals surface area (Å²) >= 11 is 5.99. The number of nitrogens with two attached hydrogens (primary N) is 1. The number of aromatic nitrogens is 4. The molecule has 49 heavy (non-hydrogen) atoms. The molecule has 1 spiro atoms. The van der Waals surface area contributed by atoms with Gasteiger partial charge in [-0.05, 0) is 73.1 Å². The van der Waals surface area contributed by atoms with E-state index in [1.807, 2.05) is 4.90 Å². The van der Waals surface area contributed by atoms with E-state index >= 15 is 0 Å². The number of rotatable bonds is 7. The fourth-order valence-corrected chi connectivity index (χ4v) is 6.61. The first kappa shape index (κ1) is 34.3. The van der Waals surface area contributed by atoms with E-state index in [0.717, 1.165) is 18.2 Å². The normalized spacial score (nSPS) is 18.5. The van der Waals surface area contributed by atoms with Crippen LogP contribution in [-0.4, -0.2) is 62.7 Å². The molecule has 2 saturated heterocycles. The van der Waals surface area contributed by atoms with Crippen LogP contribution in [0.4, 0.5) is 38.1 Å². The zero-order chi connectivity index (χ0) is 35.3. The van der Waals surface area contributed by atoms with Gasteiger partial charge in [-0.15, -0.1) is 0 Å². The predicted molar refractivity (Wildman–Crippen MR) is 168 cm³/mol. The lowest BCUT2D eigenvalue weighted by atomic mass is 9.76. The number of carboxylic acid groups (broad SMARTS) is 1. The number of piperidine rings is 1. The summed E-state index contributed by atoms with van der Waals surface area (Å²) < 4.78 is 91.9. The lowest BCUT2D eigenvalue weighted by Crippen LogP contribution is -2.41. The van der Waals surface area contributed by atoms with E-state index in [1.165, 1.54) is 35.1 Å². The van der Waals surface area contributed by atoms with Gasteiger partial charge in [-0.2, -0.15) is 41.4 Å². The molecule has 1 unspecified atom stereocenters. The molecule has 2 aliphatic rings. The highest BCUT2D eigenvalue weighted by atomic mass is 35.5. The minimum absolute atomic E-state index is 0.0318. The molecule has 0 aliphatic carbocycles. The number of halogens is 7. The van der Waals surface area contributed by atoms with Crippen LogP contribution in [0.1, 0.15) is 42.2 Å². The van der Waals surface area contributed by atoms with Gasteiger partial charge in [-0.25, -0.2) is 4.68 Å². The highest BCUT2D eigenvalue weighted by Gasteiger charge is 2.46. The minimum Gasteiger partial charge on any atom is -0.480 e. The van der Waals surface area contributed by atoms with Gasteiger partial charge < -0.3 is 25.8 Å². The molecule has 6 rings (SSSR count). The summed E-state index contributed by atoms with van der Waals surface area (Å²) in [5.41, 5.74) is 4.87. The molecular formula is C32H30ClF6N7O3. The van der Waals surface area contributed by atoms with Crippen LogP contribution in [-0.2, 0) is 11.0 Å². The number of nitrogen functional groups attached to an aromatic ring is 1. The Hall–Kier alpha value is -4.57. The molecule has 0 saturated carbocycles. The smallest absolute Gasteiger partial charge is 0.429 e. The first-order valence-electron chi connectivity index (χ1n) is 15.1. The van der Waals surface area contributed by atoms with Crippen LogP contribution in [0.25, 0.3) is 16.8 Å². The quantitative estimate of drug-likeness (QED) is 0.182. The number of aryl methyl sites for hydroxylation is 1. The zero-order valence-electron chi connectivity index (χ0n) is 25.8. The van der Waals surface area contributed by atoms with Gasteiger partial charge in [0.05, 0.1) is 16.9 Å². The van der Waals surface area contributed by atoms with Crippen molar-refractivity contribution in [1.82, 2.24) is 25.1 Å². The van der Waals surface area contributed by atoms with Crippen molar-refractivity contribution in [2.75, 3.05) is 30.3 Å². The number of ether oxygens (including phenoxy) is 1. The molecule has 260 valence electrons. The van der Waals surface area contributed by atoms with Gasteiger partial charge in [0.15, 0.2) is 0 Å². The number of carboxylic acids is 1. The van der Waals surface area contributed by atoms with Crippen molar-refractivity contribution >= 4 is 29.3 Å². The lowest BCUT2D eigenvalue weighted by molar-refractivity contribution is -0.198. The first-order chi connectivity index (χ1) is 23.0. The van der Waals surface area contributed by atoms with E-state index in [1.54, 1.807) is 13.0 Å². The van der Waals surface area contributed by atoms with Crippen molar-refractivity contribution in [3.8, 4) is 22.7 Å². The Balaban J connectivity index is 1.33. The molecule has 2 fully saturated rings. The molecule has 2 aliphatic heterocycles. The number of alkyl halides is 6. The van der Waals surface area contributed by atoms with E-state index in [9.17, 15) is 36.2 Å². The van der Waals surface area contributed by atoms with E-state index in [2.05, 4.69) is 20.4 Å². The van der Waals surface area contributed by atoms with Crippen LogP contribution in [0.5, 0.6) is 5.88 Å². The Bertz CT molecular complexity index is 1870. The average molecular weight is 710 g/mol. The van der Waals surface area contributed by atoms with E-state index in [0.29, 0.717) is 44.6 Å². The zero-order valence-corrected chi connectivity index (χ0v) is 26.6. The van der Waals surface area contributed by atoms with E-state index in [4.69, 9.17) is 22.1 Å². The van der Waals surface area contributed by atoms with Gasteiger partial charge in [-0.3, -0.25) is 4.79 Å². The van der Waals surface area contributed by atoms with Crippen LogP contribution >= 0.6 is 11.6 Å². The second-order valence-corrected chi connectivity index (χ2v) is 12.8. The van der Waals surface area contributed by atoms with Crippen molar-refractivity contribution in [3.63, 3.8) is 0 Å². The number of hydrogen-bond acceptors (Lipinski definition) is 8. The topological polar surface area (TPSA) is 131 Å². The summed E-state index contributed by atoms with van der Waals surface area (Å²) in [5, 5.41) is 16.5. The van der Waals surface area contributed by atoms with Crippen molar-refractivity contribution in [2.24, 2.45) is 5.41 Å². The van der Waals surface area contributed by atoms with Gasteiger partial charge in [0.25, 0.3) is 0 Å². The third-order valence-electron chi connectivity index (χ3n) is 8.89. The second kappa shape index (κ2) is 12.7. The monoisotopic (exact) mass is 709 g/mol. The Morgan fingerprint density at radius 3 is 2.41 bits per heavy atom. The van der Waals surface area contributed by atoms with Gasteiger partial charge in [0, 0.05) is 42.5 Å². The molecule has 0 amide bonds. The summed E-state index contributed by atoms with van der Waals surface area (Å²) in [7, 11) is 0. The highest BCUT2D eigenvalue weighted by Crippen LogP contribution is 2.43. The number of aliphatic carboxylic acids is 1. The Morgan fingerprint density at radius 1 is 1.06 bits per heavy atom. The molecule has 0 bridgehead atoms. The van der Waals surface area contributed by atoms with Gasteiger partial charge in [-0.1, -0.05) is 23.7 Å². The third kappa shape index (κ3) is 7.39. The van der Waals surface area contributed by atoms with Crippen molar-refractivity contribution in [1.29, 1.82) is 0 Å².